The number of benzene rings is 1. The van der Waals surface area contributed by atoms with E-state index in [9.17, 15) is 13.2 Å². The average Bonchev–Trinajstić information content (AvgIpc) is 2.77. The van der Waals surface area contributed by atoms with Gasteiger partial charge in [0.1, 0.15) is 0 Å². The lowest BCUT2D eigenvalue weighted by Crippen LogP contribution is -2.15. The maximum Gasteiger partial charge on any atom is 0.194 e. The van der Waals surface area contributed by atoms with Gasteiger partial charge in [-0.15, -0.1) is 0 Å². The summed E-state index contributed by atoms with van der Waals surface area (Å²) in [6, 6.07) is 2.36. The first-order valence-corrected chi connectivity index (χ1v) is 12.4. The zero-order valence-corrected chi connectivity index (χ0v) is 18.7. The molecule has 0 bridgehead atoms. The number of hydrogen-bond donors (Lipinski definition) is 0. The highest BCUT2D eigenvalue weighted by atomic mass is 19.2. The van der Waals surface area contributed by atoms with Gasteiger partial charge >= 0.3 is 0 Å². The Morgan fingerprint density at radius 2 is 1.27 bits per heavy atom. The van der Waals surface area contributed by atoms with Crippen molar-refractivity contribution in [1.29, 1.82) is 0 Å². The predicted molar refractivity (Wildman–Crippen MR) is 119 cm³/mol. The summed E-state index contributed by atoms with van der Waals surface area (Å²) in [5.41, 5.74) is 0.613. The molecule has 1 aromatic rings. The molecule has 0 N–H and O–H groups in total. The van der Waals surface area contributed by atoms with Crippen molar-refractivity contribution in [3.63, 3.8) is 0 Å². The van der Waals surface area contributed by atoms with E-state index >= 15 is 0 Å². The van der Waals surface area contributed by atoms with Gasteiger partial charge < -0.3 is 0 Å². The Hall–Kier alpha value is -1.25. The van der Waals surface area contributed by atoms with Gasteiger partial charge in [-0.3, -0.25) is 0 Å². The van der Waals surface area contributed by atoms with Crippen LogP contribution in [0.1, 0.15) is 108 Å². The first kappa shape index (κ1) is 23.4. The lowest BCUT2D eigenvalue weighted by atomic mass is 9.76. The first-order chi connectivity index (χ1) is 14.6. The zero-order valence-electron chi connectivity index (χ0n) is 18.7. The van der Waals surface area contributed by atoms with E-state index in [2.05, 4.69) is 19.1 Å². The molecule has 2 aliphatic rings. The Labute approximate surface area is 181 Å². The summed E-state index contributed by atoms with van der Waals surface area (Å²) < 4.78 is 40.2. The molecule has 0 spiro atoms. The third kappa shape index (κ3) is 6.89. The maximum atomic E-state index is 13.5. The number of hydrogen-bond acceptors (Lipinski definition) is 0. The van der Waals surface area contributed by atoms with Crippen LogP contribution in [-0.4, -0.2) is 0 Å². The predicted octanol–water partition coefficient (Wildman–Crippen LogP) is 9.10. The minimum Gasteiger partial charge on any atom is -0.204 e. The van der Waals surface area contributed by atoms with Crippen LogP contribution >= 0.6 is 0 Å². The molecule has 0 atom stereocenters. The van der Waals surface area contributed by atoms with Crippen molar-refractivity contribution >= 4 is 0 Å². The second-order valence-corrected chi connectivity index (χ2v) is 9.78. The fourth-order valence-corrected chi connectivity index (χ4v) is 5.48. The fourth-order valence-electron chi connectivity index (χ4n) is 5.48. The van der Waals surface area contributed by atoms with Gasteiger partial charge in [0, 0.05) is 0 Å². The highest BCUT2D eigenvalue weighted by Crippen LogP contribution is 2.38. The molecule has 0 nitrogen and oxygen atoms in total. The molecular formula is C27H39F3. The van der Waals surface area contributed by atoms with E-state index in [-0.39, 0.29) is 5.92 Å². The highest BCUT2D eigenvalue weighted by molar-refractivity contribution is 5.23. The third-order valence-electron chi connectivity index (χ3n) is 7.51. The van der Waals surface area contributed by atoms with Gasteiger partial charge in [-0.1, -0.05) is 57.6 Å². The van der Waals surface area contributed by atoms with E-state index in [0.717, 1.165) is 37.5 Å². The lowest BCUT2D eigenvalue weighted by molar-refractivity contribution is 0.287. The monoisotopic (exact) mass is 420 g/mol. The first-order valence-electron chi connectivity index (χ1n) is 12.4. The molecule has 2 fully saturated rings. The number of unbranched alkanes of at least 4 members (excludes halogenated alkanes) is 4. The minimum atomic E-state index is -1.36. The molecule has 2 aliphatic carbocycles. The molecule has 2 saturated carbocycles. The standard InChI is InChI=1S/C27H39F3/c1-2-3-4-5-6-7-20-8-10-21(11-9-20)12-13-22-14-16-23(17-15-22)24-18-25(28)27(30)26(29)19-24/h12-13,18-23H,2-11,14-17H2,1H3/b13-12+. The largest absolute Gasteiger partial charge is 0.204 e. The average molecular weight is 421 g/mol. The molecule has 1 aromatic carbocycles. The molecule has 0 unspecified atom stereocenters. The van der Waals surface area contributed by atoms with Crippen molar-refractivity contribution < 1.29 is 13.2 Å². The quantitative estimate of drug-likeness (QED) is 0.212. The van der Waals surface area contributed by atoms with E-state index in [0.29, 0.717) is 11.5 Å². The van der Waals surface area contributed by atoms with Gasteiger partial charge in [-0.05, 0) is 92.7 Å². The maximum absolute atomic E-state index is 13.5. The van der Waals surface area contributed by atoms with Crippen molar-refractivity contribution in [3.05, 3.63) is 47.3 Å². The lowest BCUT2D eigenvalue weighted by Gasteiger charge is -2.29. The summed E-state index contributed by atoms with van der Waals surface area (Å²) >= 11 is 0. The van der Waals surface area contributed by atoms with Crippen molar-refractivity contribution in [2.45, 2.75) is 103 Å². The molecule has 0 heterocycles. The number of halogens is 3. The second kappa shape index (κ2) is 12.0. The fraction of sp³-hybridized carbons (Fsp3) is 0.704. The van der Waals surface area contributed by atoms with Crippen LogP contribution in [0, 0.1) is 35.2 Å². The molecule has 3 heteroatoms. The van der Waals surface area contributed by atoms with Gasteiger partial charge in [-0.2, -0.15) is 0 Å². The molecule has 30 heavy (non-hydrogen) atoms. The summed E-state index contributed by atoms with van der Waals surface area (Å²) in [5, 5.41) is 0. The summed E-state index contributed by atoms with van der Waals surface area (Å²) in [5.74, 6) is -1.09. The minimum absolute atomic E-state index is 0.145. The summed E-state index contributed by atoms with van der Waals surface area (Å²) in [6.07, 6.45) is 22.6. The van der Waals surface area contributed by atoms with Gasteiger partial charge in [0.25, 0.3) is 0 Å². The molecule has 0 aliphatic heterocycles. The van der Waals surface area contributed by atoms with Crippen LogP contribution in [0.2, 0.25) is 0 Å². The van der Waals surface area contributed by atoms with E-state index in [1.165, 1.54) is 76.3 Å². The van der Waals surface area contributed by atoms with E-state index in [4.69, 9.17) is 0 Å². The Kier molecular flexibility index (Phi) is 9.33. The van der Waals surface area contributed by atoms with Crippen molar-refractivity contribution in [2.75, 3.05) is 0 Å². The van der Waals surface area contributed by atoms with Crippen LogP contribution in [0.5, 0.6) is 0 Å². The Morgan fingerprint density at radius 3 is 1.83 bits per heavy atom. The van der Waals surface area contributed by atoms with Crippen LogP contribution in [0.3, 0.4) is 0 Å². The van der Waals surface area contributed by atoms with Crippen LogP contribution < -0.4 is 0 Å². The van der Waals surface area contributed by atoms with Crippen molar-refractivity contribution in [1.82, 2.24) is 0 Å². The smallest absolute Gasteiger partial charge is 0.194 e. The van der Waals surface area contributed by atoms with Crippen LogP contribution in [0.25, 0.3) is 0 Å². The normalized spacial score (nSPS) is 27.6. The molecular weight excluding hydrogens is 381 g/mol. The Bertz CT molecular complexity index is 642. The molecule has 0 radical (unpaired) electrons. The summed E-state index contributed by atoms with van der Waals surface area (Å²) in [7, 11) is 0. The van der Waals surface area contributed by atoms with Crippen LogP contribution in [0.4, 0.5) is 13.2 Å². The van der Waals surface area contributed by atoms with E-state index in [1.54, 1.807) is 0 Å². The summed E-state index contributed by atoms with van der Waals surface area (Å²) in [4.78, 5) is 0. The second-order valence-electron chi connectivity index (χ2n) is 9.78. The van der Waals surface area contributed by atoms with Gasteiger partial charge in [0.15, 0.2) is 17.5 Å². The number of rotatable bonds is 9. The van der Waals surface area contributed by atoms with Gasteiger partial charge in [0.05, 0.1) is 0 Å². The van der Waals surface area contributed by atoms with Gasteiger partial charge in [-0.25, -0.2) is 13.2 Å². The van der Waals surface area contributed by atoms with Crippen molar-refractivity contribution in [3.8, 4) is 0 Å². The Balaban J connectivity index is 1.35. The highest BCUT2D eigenvalue weighted by Gasteiger charge is 2.24. The zero-order chi connectivity index (χ0) is 21.3. The molecule has 168 valence electrons. The van der Waals surface area contributed by atoms with E-state index < -0.39 is 17.5 Å². The van der Waals surface area contributed by atoms with E-state index in [1.807, 2.05) is 0 Å². The summed E-state index contributed by atoms with van der Waals surface area (Å²) in [6.45, 7) is 2.27. The molecule has 0 saturated heterocycles. The SMILES string of the molecule is CCCCCCCC1CCC(/C=C/C2CCC(c3cc(F)c(F)c(F)c3)CC2)CC1. The topological polar surface area (TPSA) is 0 Å². The molecule has 3 rings (SSSR count). The third-order valence-corrected chi connectivity index (χ3v) is 7.51. The van der Waals surface area contributed by atoms with Gasteiger partial charge in [0.2, 0.25) is 0 Å². The Morgan fingerprint density at radius 1 is 0.733 bits per heavy atom. The van der Waals surface area contributed by atoms with Crippen LogP contribution in [-0.2, 0) is 0 Å². The molecule has 0 amide bonds. The number of allylic oxidation sites excluding steroid dienone is 2. The van der Waals surface area contributed by atoms with Crippen LogP contribution in [0.15, 0.2) is 24.3 Å². The molecule has 0 aromatic heterocycles. The van der Waals surface area contributed by atoms with Crippen molar-refractivity contribution in [2.24, 2.45) is 17.8 Å².